The summed E-state index contributed by atoms with van der Waals surface area (Å²) in [5.41, 5.74) is 1.12. The third kappa shape index (κ3) is 4.55. The molecular formula is C18H21N3O3. The van der Waals surface area contributed by atoms with Crippen molar-refractivity contribution in [2.75, 3.05) is 5.32 Å². The second-order valence-corrected chi connectivity index (χ2v) is 6.62. The molecule has 0 radical (unpaired) electrons. The van der Waals surface area contributed by atoms with E-state index in [1.54, 1.807) is 6.07 Å². The zero-order valence-electron chi connectivity index (χ0n) is 13.9. The Kier molecular flexibility index (Phi) is 5.18. The van der Waals surface area contributed by atoms with Gasteiger partial charge in [0.15, 0.2) is 0 Å². The first-order valence-corrected chi connectivity index (χ1v) is 7.64. The molecule has 0 fully saturated rings. The van der Waals surface area contributed by atoms with E-state index in [1.807, 2.05) is 51.1 Å². The standard InChI is InChI=1S/C18H21N3O3/c1-18(2,3)16(13-8-5-4-6-9-13)20-17(22)19-14-10-7-11-15(12-14)21(23)24/h4-12,16H,1-3H3,(H2,19,20,22). The Labute approximate surface area is 141 Å². The van der Waals surface area contributed by atoms with Crippen molar-refractivity contribution in [3.63, 3.8) is 0 Å². The molecule has 24 heavy (non-hydrogen) atoms. The van der Waals surface area contributed by atoms with Gasteiger partial charge in [-0.05, 0) is 17.0 Å². The maximum atomic E-state index is 12.3. The Morgan fingerprint density at radius 1 is 1.08 bits per heavy atom. The van der Waals surface area contributed by atoms with Gasteiger partial charge in [0, 0.05) is 17.8 Å². The van der Waals surface area contributed by atoms with Crippen molar-refractivity contribution >= 4 is 17.4 Å². The quantitative estimate of drug-likeness (QED) is 0.640. The zero-order chi connectivity index (χ0) is 17.7. The third-order valence-corrected chi connectivity index (χ3v) is 3.59. The summed E-state index contributed by atoms with van der Waals surface area (Å²) in [5.74, 6) is 0. The molecule has 1 atom stereocenters. The highest BCUT2D eigenvalue weighted by Crippen LogP contribution is 2.32. The Morgan fingerprint density at radius 2 is 1.75 bits per heavy atom. The van der Waals surface area contributed by atoms with E-state index in [0.29, 0.717) is 5.69 Å². The molecule has 0 aliphatic rings. The number of carbonyl (C=O) groups excluding carboxylic acids is 1. The van der Waals surface area contributed by atoms with Crippen LogP contribution in [0.5, 0.6) is 0 Å². The highest BCUT2D eigenvalue weighted by molar-refractivity contribution is 5.89. The number of benzene rings is 2. The van der Waals surface area contributed by atoms with Gasteiger partial charge in [0.2, 0.25) is 0 Å². The average molecular weight is 327 g/mol. The molecule has 0 saturated carbocycles. The molecule has 2 rings (SSSR count). The van der Waals surface area contributed by atoms with Crippen LogP contribution in [0.4, 0.5) is 16.2 Å². The predicted octanol–water partition coefficient (Wildman–Crippen LogP) is 4.50. The van der Waals surface area contributed by atoms with Crippen LogP contribution in [0.25, 0.3) is 0 Å². The molecule has 0 spiro atoms. The van der Waals surface area contributed by atoms with E-state index in [4.69, 9.17) is 0 Å². The Hall–Kier alpha value is -2.89. The number of nitro groups is 1. The number of amides is 2. The zero-order valence-corrected chi connectivity index (χ0v) is 13.9. The van der Waals surface area contributed by atoms with Gasteiger partial charge < -0.3 is 10.6 Å². The van der Waals surface area contributed by atoms with Gasteiger partial charge in [0.25, 0.3) is 5.69 Å². The molecule has 2 N–H and O–H groups in total. The minimum Gasteiger partial charge on any atom is -0.331 e. The Morgan fingerprint density at radius 3 is 2.33 bits per heavy atom. The molecule has 0 bridgehead atoms. The van der Waals surface area contributed by atoms with Gasteiger partial charge in [0.05, 0.1) is 11.0 Å². The van der Waals surface area contributed by atoms with Gasteiger partial charge in [-0.2, -0.15) is 0 Å². The topological polar surface area (TPSA) is 84.3 Å². The first kappa shape index (κ1) is 17.5. The molecule has 6 heteroatoms. The number of nitro benzene ring substituents is 1. The average Bonchev–Trinajstić information content (AvgIpc) is 2.52. The summed E-state index contributed by atoms with van der Waals surface area (Å²) in [4.78, 5) is 22.6. The number of nitrogens with zero attached hydrogens (tertiary/aromatic N) is 1. The van der Waals surface area contributed by atoms with Crippen LogP contribution >= 0.6 is 0 Å². The van der Waals surface area contributed by atoms with Crippen molar-refractivity contribution in [3.8, 4) is 0 Å². The highest BCUT2D eigenvalue weighted by Gasteiger charge is 2.27. The predicted molar refractivity (Wildman–Crippen MR) is 93.9 cm³/mol. The number of carbonyl (C=O) groups is 1. The number of rotatable bonds is 4. The first-order chi connectivity index (χ1) is 11.3. The second kappa shape index (κ2) is 7.12. The van der Waals surface area contributed by atoms with Crippen LogP contribution in [0.1, 0.15) is 32.4 Å². The van der Waals surface area contributed by atoms with Crippen molar-refractivity contribution in [2.24, 2.45) is 5.41 Å². The normalized spacial score (nSPS) is 12.3. The van der Waals surface area contributed by atoms with Gasteiger partial charge in [-0.1, -0.05) is 57.2 Å². The summed E-state index contributed by atoms with van der Waals surface area (Å²) in [6.07, 6.45) is 0. The van der Waals surface area contributed by atoms with Gasteiger partial charge in [-0.25, -0.2) is 4.79 Å². The molecule has 0 heterocycles. The van der Waals surface area contributed by atoms with Crippen molar-refractivity contribution in [2.45, 2.75) is 26.8 Å². The molecule has 126 valence electrons. The van der Waals surface area contributed by atoms with E-state index in [2.05, 4.69) is 10.6 Å². The fourth-order valence-electron chi connectivity index (χ4n) is 2.44. The molecule has 6 nitrogen and oxygen atoms in total. The summed E-state index contributed by atoms with van der Waals surface area (Å²) < 4.78 is 0. The van der Waals surface area contributed by atoms with Crippen molar-refractivity contribution < 1.29 is 9.72 Å². The molecule has 1 unspecified atom stereocenters. The molecule has 0 aromatic heterocycles. The molecule has 2 aromatic rings. The number of anilines is 1. The van der Waals surface area contributed by atoms with Gasteiger partial charge in [-0.3, -0.25) is 10.1 Å². The van der Waals surface area contributed by atoms with Crippen molar-refractivity contribution in [1.29, 1.82) is 0 Å². The van der Waals surface area contributed by atoms with Crippen LogP contribution in [0.2, 0.25) is 0 Å². The minimum atomic E-state index is -0.495. The van der Waals surface area contributed by atoms with E-state index >= 15 is 0 Å². The van der Waals surface area contributed by atoms with E-state index in [1.165, 1.54) is 18.2 Å². The molecule has 2 amide bonds. The summed E-state index contributed by atoms with van der Waals surface area (Å²) in [6.45, 7) is 6.12. The number of nitrogens with one attached hydrogen (secondary N) is 2. The monoisotopic (exact) mass is 327 g/mol. The molecule has 2 aromatic carbocycles. The lowest BCUT2D eigenvalue weighted by atomic mass is 9.82. The lowest BCUT2D eigenvalue weighted by Crippen LogP contribution is -2.39. The van der Waals surface area contributed by atoms with E-state index in [0.717, 1.165) is 5.56 Å². The molecule has 0 aliphatic carbocycles. The fourth-order valence-corrected chi connectivity index (χ4v) is 2.44. The van der Waals surface area contributed by atoms with Gasteiger partial charge in [-0.15, -0.1) is 0 Å². The number of non-ortho nitro benzene ring substituents is 1. The maximum absolute atomic E-state index is 12.3. The van der Waals surface area contributed by atoms with Gasteiger partial charge >= 0.3 is 6.03 Å². The van der Waals surface area contributed by atoms with E-state index < -0.39 is 11.0 Å². The van der Waals surface area contributed by atoms with Crippen LogP contribution < -0.4 is 10.6 Å². The van der Waals surface area contributed by atoms with Crippen LogP contribution in [0.3, 0.4) is 0 Å². The van der Waals surface area contributed by atoms with Gasteiger partial charge in [0.1, 0.15) is 0 Å². The third-order valence-electron chi connectivity index (χ3n) is 3.59. The van der Waals surface area contributed by atoms with Crippen molar-refractivity contribution in [3.05, 3.63) is 70.3 Å². The first-order valence-electron chi connectivity index (χ1n) is 7.64. The lowest BCUT2D eigenvalue weighted by Gasteiger charge is -2.32. The molecule has 0 aliphatic heterocycles. The smallest absolute Gasteiger partial charge is 0.319 e. The summed E-state index contributed by atoms with van der Waals surface area (Å²) >= 11 is 0. The number of urea groups is 1. The largest absolute Gasteiger partial charge is 0.331 e. The Bertz CT molecular complexity index is 724. The molecule has 0 saturated heterocycles. The van der Waals surface area contributed by atoms with Crippen LogP contribution in [0, 0.1) is 15.5 Å². The second-order valence-electron chi connectivity index (χ2n) is 6.62. The SMILES string of the molecule is CC(C)(C)C(NC(=O)Nc1cccc([N+](=O)[O-])c1)c1ccccc1. The Balaban J connectivity index is 2.14. The lowest BCUT2D eigenvalue weighted by molar-refractivity contribution is -0.384. The summed E-state index contributed by atoms with van der Waals surface area (Å²) in [7, 11) is 0. The van der Waals surface area contributed by atoms with Crippen LogP contribution in [-0.4, -0.2) is 11.0 Å². The van der Waals surface area contributed by atoms with Crippen LogP contribution in [-0.2, 0) is 0 Å². The van der Waals surface area contributed by atoms with Crippen LogP contribution in [0.15, 0.2) is 54.6 Å². The summed E-state index contributed by atoms with van der Waals surface area (Å²) in [5, 5.41) is 16.4. The van der Waals surface area contributed by atoms with E-state index in [9.17, 15) is 14.9 Å². The fraction of sp³-hybridized carbons (Fsp3) is 0.278. The van der Waals surface area contributed by atoms with Crippen molar-refractivity contribution in [1.82, 2.24) is 5.32 Å². The maximum Gasteiger partial charge on any atom is 0.319 e. The number of hydrogen-bond acceptors (Lipinski definition) is 3. The summed E-state index contributed by atoms with van der Waals surface area (Å²) in [6, 6.07) is 14.9. The van der Waals surface area contributed by atoms with E-state index in [-0.39, 0.29) is 17.1 Å². The highest BCUT2D eigenvalue weighted by atomic mass is 16.6. The molecular weight excluding hydrogens is 306 g/mol. The minimum absolute atomic E-state index is 0.0665. The number of hydrogen-bond donors (Lipinski definition) is 2.